The van der Waals surface area contributed by atoms with Gasteiger partial charge < -0.3 is 24.6 Å². The molecule has 0 aliphatic carbocycles. The van der Waals surface area contributed by atoms with Crippen molar-refractivity contribution in [2.24, 2.45) is 0 Å². The number of hydrogen-bond donors (Lipinski definition) is 1. The SMILES string of the molecule is CCOC(=O)N1CCN(c2ncc(C(=O)NCCN3CCOCC3)cn2)CC1. The first-order valence-corrected chi connectivity index (χ1v) is 9.74. The van der Waals surface area contributed by atoms with E-state index in [0.717, 1.165) is 32.8 Å². The van der Waals surface area contributed by atoms with Crippen molar-refractivity contribution in [3.63, 3.8) is 0 Å². The summed E-state index contributed by atoms with van der Waals surface area (Å²) >= 11 is 0. The van der Waals surface area contributed by atoms with E-state index in [9.17, 15) is 9.59 Å². The van der Waals surface area contributed by atoms with Crippen molar-refractivity contribution in [3.05, 3.63) is 18.0 Å². The highest BCUT2D eigenvalue weighted by Crippen LogP contribution is 2.11. The summed E-state index contributed by atoms with van der Waals surface area (Å²) in [4.78, 5) is 38.6. The van der Waals surface area contributed by atoms with Crippen LogP contribution in [0.25, 0.3) is 0 Å². The van der Waals surface area contributed by atoms with Crippen molar-refractivity contribution >= 4 is 17.9 Å². The molecule has 0 unspecified atom stereocenters. The summed E-state index contributed by atoms with van der Waals surface area (Å²) in [5.41, 5.74) is 0.441. The van der Waals surface area contributed by atoms with Gasteiger partial charge in [-0.2, -0.15) is 0 Å². The molecular formula is C18H28N6O4. The zero-order valence-corrected chi connectivity index (χ0v) is 16.3. The van der Waals surface area contributed by atoms with E-state index in [-0.39, 0.29) is 12.0 Å². The first-order chi connectivity index (χ1) is 13.7. The van der Waals surface area contributed by atoms with Crippen LogP contribution in [0.3, 0.4) is 0 Å². The van der Waals surface area contributed by atoms with Crippen molar-refractivity contribution in [3.8, 4) is 0 Å². The molecular weight excluding hydrogens is 364 g/mol. The third-order valence-electron chi connectivity index (χ3n) is 4.81. The average molecular weight is 392 g/mol. The molecule has 28 heavy (non-hydrogen) atoms. The van der Waals surface area contributed by atoms with Gasteiger partial charge in [0, 0.05) is 64.8 Å². The highest BCUT2D eigenvalue weighted by Gasteiger charge is 2.23. The molecule has 1 N–H and O–H groups in total. The normalized spacial score (nSPS) is 18.0. The molecule has 2 saturated heterocycles. The summed E-state index contributed by atoms with van der Waals surface area (Å²) in [5, 5.41) is 2.90. The molecule has 3 heterocycles. The van der Waals surface area contributed by atoms with E-state index in [4.69, 9.17) is 9.47 Å². The summed E-state index contributed by atoms with van der Waals surface area (Å²) in [7, 11) is 0. The van der Waals surface area contributed by atoms with Gasteiger partial charge in [0.2, 0.25) is 5.95 Å². The lowest BCUT2D eigenvalue weighted by Gasteiger charge is -2.33. The van der Waals surface area contributed by atoms with Crippen LogP contribution in [0.4, 0.5) is 10.7 Å². The Morgan fingerprint density at radius 3 is 2.43 bits per heavy atom. The lowest BCUT2D eigenvalue weighted by Crippen LogP contribution is -2.49. The van der Waals surface area contributed by atoms with Crippen LogP contribution in [0, 0.1) is 0 Å². The third kappa shape index (κ3) is 5.52. The number of anilines is 1. The maximum atomic E-state index is 12.2. The standard InChI is InChI=1S/C18H28N6O4/c1-2-28-18(26)24-7-5-23(6-8-24)17-20-13-15(14-21-17)16(25)19-3-4-22-9-11-27-12-10-22/h13-14H,2-12H2,1H3,(H,19,25). The Balaban J connectivity index is 1.43. The Kier molecular flexibility index (Phi) is 7.38. The van der Waals surface area contributed by atoms with Crippen molar-refractivity contribution in [2.45, 2.75) is 6.92 Å². The second-order valence-corrected chi connectivity index (χ2v) is 6.65. The Bertz CT molecular complexity index is 642. The average Bonchev–Trinajstić information content (AvgIpc) is 2.75. The molecule has 1 aromatic heterocycles. The van der Waals surface area contributed by atoms with Crippen molar-refractivity contribution < 1.29 is 19.1 Å². The summed E-state index contributed by atoms with van der Waals surface area (Å²) in [6.45, 7) is 9.23. The van der Waals surface area contributed by atoms with E-state index in [1.54, 1.807) is 24.2 Å². The number of nitrogens with one attached hydrogen (secondary N) is 1. The minimum atomic E-state index is -0.285. The lowest BCUT2D eigenvalue weighted by atomic mass is 10.3. The van der Waals surface area contributed by atoms with Gasteiger partial charge in [-0.05, 0) is 6.92 Å². The number of carbonyl (C=O) groups is 2. The van der Waals surface area contributed by atoms with Crippen molar-refractivity contribution in [1.29, 1.82) is 0 Å². The number of aromatic nitrogens is 2. The van der Waals surface area contributed by atoms with Crippen LogP contribution in [-0.4, -0.2) is 104 Å². The Hall–Kier alpha value is -2.46. The predicted molar refractivity (Wildman–Crippen MR) is 102 cm³/mol. The van der Waals surface area contributed by atoms with Crippen LogP contribution in [0.15, 0.2) is 12.4 Å². The molecule has 0 saturated carbocycles. The maximum absolute atomic E-state index is 12.2. The Labute approximate surface area is 164 Å². The molecule has 3 rings (SSSR count). The van der Waals surface area contributed by atoms with Gasteiger partial charge in [-0.1, -0.05) is 0 Å². The molecule has 10 nitrogen and oxygen atoms in total. The van der Waals surface area contributed by atoms with E-state index in [2.05, 4.69) is 20.2 Å². The minimum Gasteiger partial charge on any atom is -0.450 e. The quantitative estimate of drug-likeness (QED) is 0.712. The van der Waals surface area contributed by atoms with E-state index < -0.39 is 0 Å². The van der Waals surface area contributed by atoms with E-state index in [0.29, 0.717) is 50.8 Å². The van der Waals surface area contributed by atoms with Crippen LogP contribution in [0.2, 0.25) is 0 Å². The van der Waals surface area contributed by atoms with Gasteiger partial charge in [0.15, 0.2) is 0 Å². The molecule has 2 fully saturated rings. The highest BCUT2D eigenvalue weighted by molar-refractivity contribution is 5.93. The number of hydrogen-bond acceptors (Lipinski definition) is 8. The van der Waals surface area contributed by atoms with E-state index >= 15 is 0 Å². The van der Waals surface area contributed by atoms with Gasteiger partial charge in [-0.15, -0.1) is 0 Å². The molecule has 154 valence electrons. The number of carbonyl (C=O) groups excluding carboxylic acids is 2. The maximum Gasteiger partial charge on any atom is 0.409 e. The fourth-order valence-corrected chi connectivity index (χ4v) is 3.16. The van der Waals surface area contributed by atoms with Crippen LogP contribution in [0.5, 0.6) is 0 Å². The molecule has 0 bridgehead atoms. The molecule has 2 aliphatic heterocycles. The van der Waals surface area contributed by atoms with Gasteiger partial charge in [-0.3, -0.25) is 9.69 Å². The van der Waals surface area contributed by atoms with Crippen molar-refractivity contribution in [1.82, 2.24) is 25.1 Å². The summed E-state index contributed by atoms with van der Waals surface area (Å²) in [6.07, 6.45) is 2.81. The second kappa shape index (κ2) is 10.2. The second-order valence-electron chi connectivity index (χ2n) is 6.65. The molecule has 10 heteroatoms. The molecule has 0 spiro atoms. The number of amides is 2. The summed E-state index contributed by atoms with van der Waals surface area (Å²) in [5.74, 6) is 0.389. The number of ether oxygens (including phenoxy) is 2. The highest BCUT2D eigenvalue weighted by atomic mass is 16.6. The van der Waals surface area contributed by atoms with E-state index in [1.807, 2.05) is 4.90 Å². The van der Waals surface area contributed by atoms with Crippen LogP contribution in [-0.2, 0) is 9.47 Å². The molecule has 0 atom stereocenters. The fourth-order valence-electron chi connectivity index (χ4n) is 3.16. The largest absolute Gasteiger partial charge is 0.450 e. The van der Waals surface area contributed by atoms with Gasteiger partial charge in [0.05, 0.1) is 25.4 Å². The minimum absolute atomic E-state index is 0.174. The lowest BCUT2D eigenvalue weighted by molar-refractivity contribution is 0.0383. The number of nitrogens with zero attached hydrogens (tertiary/aromatic N) is 5. The van der Waals surface area contributed by atoms with Gasteiger partial charge in [-0.25, -0.2) is 14.8 Å². The monoisotopic (exact) mass is 392 g/mol. The number of morpholine rings is 1. The molecule has 0 radical (unpaired) electrons. The topological polar surface area (TPSA) is 100 Å². The van der Waals surface area contributed by atoms with Gasteiger partial charge in [0.25, 0.3) is 5.91 Å². The Morgan fingerprint density at radius 1 is 1.11 bits per heavy atom. The van der Waals surface area contributed by atoms with Crippen LogP contribution < -0.4 is 10.2 Å². The smallest absolute Gasteiger partial charge is 0.409 e. The van der Waals surface area contributed by atoms with Crippen LogP contribution in [0.1, 0.15) is 17.3 Å². The molecule has 2 aliphatic rings. The number of piperazine rings is 1. The summed E-state index contributed by atoms with van der Waals surface area (Å²) < 4.78 is 10.3. The number of rotatable bonds is 6. The van der Waals surface area contributed by atoms with Crippen molar-refractivity contribution in [2.75, 3.05) is 77.1 Å². The van der Waals surface area contributed by atoms with Gasteiger partial charge in [0.1, 0.15) is 0 Å². The fraction of sp³-hybridized carbons (Fsp3) is 0.667. The first kappa shape index (κ1) is 20.3. The molecule has 2 amide bonds. The zero-order valence-electron chi connectivity index (χ0n) is 16.3. The predicted octanol–water partition coefficient (Wildman–Crippen LogP) is -0.183. The molecule has 0 aromatic carbocycles. The molecule has 1 aromatic rings. The van der Waals surface area contributed by atoms with Gasteiger partial charge >= 0.3 is 6.09 Å². The first-order valence-electron chi connectivity index (χ1n) is 9.74. The zero-order chi connectivity index (χ0) is 19.8. The van der Waals surface area contributed by atoms with Crippen LogP contribution >= 0.6 is 0 Å². The third-order valence-corrected chi connectivity index (χ3v) is 4.81. The van der Waals surface area contributed by atoms with E-state index in [1.165, 1.54) is 0 Å². The Morgan fingerprint density at radius 2 is 1.79 bits per heavy atom. The summed E-state index contributed by atoms with van der Waals surface area (Å²) in [6, 6.07) is 0.